The Hall–Kier alpha value is -2.30. The topological polar surface area (TPSA) is 82.8 Å². The minimum absolute atomic E-state index is 0.212. The van der Waals surface area contributed by atoms with Gasteiger partial charge in [0, 0.05) is 22.6 Å². The van der Waals surface area contributed by atoms with Crippen molar-refractivity contribution >= 4 is 33.6 Å². The van der Waals surface area contributed by atoms with E-state index in [0.29, 0.717) is 11.9 Å². The minimum atomic E-state index is 0.212. The monoisotopic (exact) mass is 255 g/mol. The average Bonchev–Trinajstić information content (AvgIpc) is 2.63. The Balaban J connectivity index is 2.51. The third-order valence-corrected chi connectivity index (χ3v) is 3.44. The quantitative estimate of drug-likeness (QED) is 0.700. The molecule has 0 unspecified atom stereocenters. The number of hydrogen-bond acceptors (Lipinski definition) is 4. The highest BCUT2D eigenvalue weighted by Gasteiger charge is 2.14. The third kappa shape index (κ3) is 1.62. The van der Waals surface area contributed by atoms with E-state index in [0.717, 1.165) is 21.8 Å². The zero-order valence-electron chi connectivity index (χ0n) is 11.3. The van der Waals surface area contributed by atoms with E-state index in [1.807, 2.05) is 6.07 Å². The summed E-state index contributed by atoms with van der Waals surface area (Å²) in [5.41, 5.74) is 14.8. The van der Waals surface area contributed by atoms with Crippen LogP contribution >= 0.6 is 0 Å². The van der Waals surface area contributed by atoms with Crippen LogP contribution in [-0.2, 0) is 0 Å². The fourth-order valence-electron chi connectivity index (χ4n) is 2.80. The summed E-state index contributed by atoms with van der Waals surface area (Å²) in [7, 11) is 0. The van der Waals surface area contributed by atoms with Gasteiger partial charge in [0.1, 0.15) is 5.82 Å². The first-order valence-electron chi connectivity index (χ1n) is 6.32. The molecule has 0 spiro atoms. The summed E-state index contributed by atoms with van der Waals surface area (Å²) in [5, 5.41) is 1.97. The molecule has 0 atom stereocenters. The smallest absolute Gasteiger partial charge is 0.222 e. The van der Waals surface area contributed by atoms with Gasteiger partial charge in [0.05, 0.1) is 10.9 Å². The fourth-order valence-corrected chi connectivity index (χ4v) is 2.80. The zero-order chi connectivity index (χ0) is 13.7. The maximum absolute atomic E-state index is 6.02. The Morgan fingerprint density at radius 1 is 1.16 bits per heavy atom. The second kappa shape index (κ2) is 3.85. The highest BCUT2D eigenvalue weighted by atomic mass is 15.0. The van der Waals surface area contributed by atoms with E-state index >= 15 is 0 Å². The maximum atomic E-state index is 6.02. The largest absolute Gasteiger partial charge is 0.383 e. The lowest BCUT2D eigenvalue weighted by Gasteiger charge is -2.12. The van der Waals surface area contributed by atoms with Crippen molar-refractivity contribution in [1.29, 1.82) is 0 Å². The normalized spacial score (nSPS) is 11.8. The van der Waals surface area contributed by atoms with Gasteiger partial charge in [-0.1, -0.05) is 0 Å². The number of nitrogen functional groups attached to an aromatic ring is 2. The van der Waals surface area contributed by atoms with E-state index < -0.39 is 0 Å². The van der Waals surface area contributed by atoms with Crippen LogP contribution in [0, 0.1) is 6.92 Å². The van der Waals surface area contributed by atoms with Crippen molar-refractivity contribution in [2.75, 3.05) is 11.5 Å². The summed E-state index contributed by atoms with van der Waals surface area (Å²) < 4.78 is 2.28. The van der Waals surface area contributed by atoms with Crippen molar-refractivity contribution < 1.29 is 0 Å². The van der Waals surface area contributed by atoms with Gasteiger partial charge in [-0.2, -0.15) is 4.98 Å². The molecular formula is C14H17N5. The molecule has 0 aliphatic heterocycles. The molecule has 0 saturated carbocycles. The predicted octanol–water partition coefficient (Wildman–Crippen LogP) is 2.64. The van der Waals surface area contributed by atoms with Gasteiger partial charge in [0.15, 0.2) is 0 Å². The van der Waals surface area contributed by atoms with Crippen LogP contribution < -0.4 is 11.5 Å². The van der Waals surface area contributed by atoms with Gasteiger partial charge in [0.25, 0.3) is 0 Å². The van der Waals surface area contributed by atoms with Crippen LogP contribution in [-0.4, -0.2) is 14.5 Å². The molecule has 4 N–H and O–H groups in total. The number of aryl methyl sites for hydroxylation is 1. The Morgan fingerprint density at radius 3 is 2.58 bits per heavy atom. The van der Waals surface area contributed by atoms with E-state index in [9.17, 15) is 0 Å². The first-order valence-corrected chi connectivity index (χ1v) is 6.32. The highest BCUT2D eigenvalue weighted by Crippen LogP contribution is 2.32. The van der Waals surface area contributed by atoms with Gasteiger partial charge in [-0.25, -0.2) is 4.98 Å². The van der Waals surface area contributed by atoms with Crippen LogP contribution in [0.15, 0.2) is 18.2 Å². The minimum Gasteiger partial charge on any atom is -0.383 e. The fraction of sp³-hybridized carbons (Fsp3) is 0.286. The van der Waals surface area contributed by atoms with Crippen LogP contribution in [0.25, 0.3) is 21.8 Å². The maximum Gasteiger partial charge on any atom is 0.222 e. The molecule has 0 amide bonds. The number of rotatable bonds is 1. The lowest BCUT2D eigenvalue weighted by atomic mass is 10.1. The SMILES string of the molecule is Cc1cc2c3c(N)nc(N)nc3ccc2n1C(C)C. The lowest BCUT2D eigenvalue weighted by molar-refractivity contribution is 0.608. The number of nitrogens with two attached hydrogens (primary N) is 2. The molecule has 0 bridgehead atoms. The van der Waals surface area contributed by atoms with Gasteiger partial charge >= 0.3 is 0 Å². The Kier molecular flexibility index (Phi) is 2.38. The second-order valence-electron chi connectivity index (χ2n) is 5.11. The molecule has 0 radical (unpaired) electrons. The standard InChI is InChI=1S/C14H17N5/c1-7(2)19-8(3)6-9-11(19)5-4-10-12(9)13(15)18-14(16)17-10/h4-7H,1-3H3,(H4,15,16,17,18). The molecule has 0 aliphatic carbocycles. The average molecular weight is 255 g/mol. The van der Waals surface area contributed by atoms with E-state index in [2.05, 4.69) is 47.4 Å². The number of nitrogens with zero attached hydrogens (tertiary/aromatic N) is 3. The molecule has 1 aromatic carbocycles. The van der Waals surface area contributed by atoms with Gasteiger partial charge in [-0.3, -0.25) is 0 Å². The van der Waals surface area contributed by atoms with E-state index in [4.69, 9.17) is 11.5 Å². The van der Waals surface area contributed by atoms with Crippen molar-refractivity contribution in [2.45, 2.75) is 26.8 Å². The molecule has 2 heterocycles. The first kappa shape index (κ1) is 11.8. The molecule has 5 nitrogen and oxygen atoms in total. The Labute approximate surface area is 111 Å². The molecule has 0 saturated heterocycles. The van der Waals surface area contributed by atoms with Crippen LogP contribution in [0.4, 0.5) is 11.8 Å². The van der Waals surface area contributed by atoms with Crippen LogP contribution in [0.1, 0.15) is 25.6 Å². The van der Waals surface area contributed by atoms with Gasteiger partial charge in [0.2, 0.25) is 5.95 Å². The Morgan fingerprint density at radius 2 is 1.89 bits per heavy atom. The molecular weight excluding hydrogens is 238 g/mol. The van der Waals surface area contributed by atoms with E-state index in [1.54, 1.807) is 0 Å². The third-order valence-electron chi connectivity index (χ3n) is 3.44. The van der Waals surface area contributed by atoms with Crippen LogP contribution in [0.5, 0.6) is 0 Å². The van der Waals surface area contributed by atoms with Crippen molar-refractivity contribution in [3.05, 3.63) is 23.9 Å². The number of aromatic nitrogens is 3. The molecule has 98 valence electrons. The highest BCUT2D eigenvalue weighted by molar-refractivity contribution is 6.10. The number of benzene rings is 1. The van der Waals surface area contributed by atoms with Crippen LogP contribution in [0.2, 0.25) is 0 Å². The number of anilines is 2. The van der Waals surface area contributed by atoms with Crippen molar-refractivity contribution in [1.82, 2.24) is 14.5 Å². The summed E-state index contributed by atoms with van der Waals surface area (Å²) in [6.45, 7) is 6.43. The van der Waals surface area contributed by atoms with E-state index in [1.165, 1.54) is 5.69 Å². The summed E-state index contributed by atoms with van der Waals surface area (Å²) >= 11 is 0. The molecule has 5 heteroatoms. The molecule has 3 aromatic rings. The first-order chi connectivity index (χ1) is 8.99. The summed E-state index contributed by atoms with van der Waals surface area (Å²) in [6.07, 6.45) is 0. The molecule has 3 rings (SSSR count). The predicted molar refractivity (Wildman–Crippen MR) is 79.0 cm³/mol. The second-order valence-corrected chi connectivity index (χ2v) is 5.11. The molecule has 0 aliphatic rings. The summed E-state index contributed by atoms with van der Waals surface area (Å²) in [4.78, 5) is 8.32. The number of hydrogen-bond donors (Lipinski definition) is 2. The van der Waals surface area contributed by atoms with Crippen molar-refractivity contribution in [3.8, 4) is 0 Å². The Bertz CT molecular complexity index is 785. The van der Waals surface area contributed by atoms with Crippen LogP contribution in [0.3, 0.4) is 0 Å². The van der Waals surface area contributed by atoms with Gasteiger partial charge in [-0.05, 0) is 39.0 Å². The van der Waals surface area contributed by atoms with Crippen molar-refractivity contribution in [2.24, 2.45) is 0 Å². The zero-order valence-corrected chi connectivity index (χ0v) is 11.3. The molecule has 2 aromatic heterocycles. The molecule has 19 heavy (non-hydrogen) atoms. The van der Waals surface area contributed by atoms with E-state index in [-0.39, 0.29) is 5.95 Å². The van der Waals surface area contributed by atoms with Gasteiger partial charge in [-0.15, -0.1) is 0 Å². The van der Waals surface area contributed by atoms with Crippen molar-refractivity contribution in [3.63, 3.8) is 0 Å². The summed E-state index contributed by atoms with van der Waals surface area (Å²) in [6, 6.07) is 6.54. The summed E-state index contributed by atoms with van der Waals surface area (Å²) in [5.74, 6) is 0.651. The van der Waals surface area contributed by atoms with Gasteiger partial charge < -0.3 is 16.0 Å². The lowest BCUT2D eigenvalue weighted by Crippen LogP contribution is -2.03. The number of fused-ring (bicyclic) bond motifs is 3. The molecule has 0 fully saturated rings.